The number of ether oxygens (including phenoxy) is 1. The second-order valence-electron chi connectivity index (χ2n) is 6.78. The predicted molar refractivity (Wildman–Crippen MR) is 99.9 cm³/mol. The van der Waals surface area contributed by atoms with Crippen LogP contribution in [-0.2, 0) is 9.53 Å². The summed E-state index contributed by atoms with van der Waals surface area (Å²) in [7, 11) is 0. The molecule has 0 spiro atoms. The summed E-state index contributed by atoms with van der Waals surface area (Å²) in [6, 6.07) is 13.0. The summed E-state index contributed by atoms with van der Waals surface area (Å²) in [4.78, 5) is 49.5. The first-order valence-electron chi connectivity index (χ1n) is 9.08. The van der Waals surface area contributed by atoms with E-state index in [1.807, 2.05) is 0 Å². The van der Waals surface area contributed by atoms with Gasteiger partial charge < -0.3 is 10.1 Å². The van der Waals surface area contributed by atoms with E-state index < -0.39 is 5.97 Å². The van der Waals surface area contributed by atoms with E-state index in [1.54, 1.807) is 48.5 Å². The molecule has 0 radical (unpaired) electrons. The van der Waals surface area contributed by atoms with Crippen LogP contribution in [0.4, 0.5) is 5.69 Å². The fraction of sp³-hybridized carbons (Fsp3) is 0.238. The van der Waals surface area contributed by atoms with Crippen LogP contribution in [0.2, 0.25) is 0 Å². The van der Waals surface area contributed by atoms with Gasteiger partial charge >= 0.3 is 5.97 Å². The standard InChI is InChI=1S/C21H18N2O5/c24-18(13-5-6-13)22-15-9-7-14(8-10-15)21(27)28-12-11-23-19(25)16-3-1-2-4-17(16)20(23)26/h1-4,7-10,13H,5-6,11-12H2,(H,22,24). The van der Waals surface area contributed by atoms with E-state index in [9.17, 15) is 19.2 Å². The van der Waals surface area contributed by atoms with Crippen LogP contribution < -0.4 is 5.32 Å². The molecule has 2 aromatic carbocycles. The largest absolute Gasteiger partial charge is 0.460 e. The molecule has 4 rings (SSSR count). The lowest BCUT2D eigenvalue weighted by Gasteiger charge is -2.14. The molecule has 7 nitrogen and oxygen atoms in total. The highest BCUT2D eigenvalue weighted by Gasteiger charge is 2.34. The van der Waals surface area contributed by atoms with E-state index in [0.717, 1.165) is 17.7 Å². The van der Waals surface area contributed by atoms with Gasteiger partial charge in [-0.05, 0) is 49.2 Å². The van der Waals surface area contributed by atoms with Crippen molar-refractivity contribution in [1.29, 1.82) is 0 Å². The van der Waals surface area contributed by atoms with E-state index in [1.165, 1.54) is 0 Å². The van der Waals surface area contributed by atoms with Crippen LogP contribution in [0.25, 0.3) is 0 Å². The molecule has 2 aliphatic rings. The van der Waals surface area contributed by atoms with Crippen molar-refractivity contribution < 1.29 is 23.9 Å². The van der Waals surface area contributed by atoms with Crippen molar-refractivity contribution in [2.75, 3.05) is 18.5 Å². The molecular formula is C21H18N2O5. The van der Waals surface area contributed by atoms with Crippen molar-refractivity contribution in [3.63, 3.8) is 0 Å². The Labute approximate surface area is 161 Å². The summed E-state index contributed by atoms with van der Waals surface area (Å²) in [5.41, 5.74) is 1.68. The normalized spacial score (nSPS) is 15.4. The molecule has 1 heterocycles. The summed E-state index contributed by atoms with van der Waals surface area (Å²) in [5.74, 6) is -1.22. The highest BCUT2D eigenvalue weighted by Crippen LogP contribution is 2.30. The second-order valence-corrected chi connectivity index (χ2v) is 6.78. The highest BCUT2D eigenvalue weighted by atomic mass is 16.5. The lowest BCUT2D eigenvalue weighted by molar-refractivity contribution is -0.117. The first kappa shape index (κ1) is 17.9. The molecule has 1 aliphatic carbocycles. The Morgan fingerprint density at radius 3 is 2.14 bits per heavy atom. The zero-order chi connectivity index (χ0) is 19.7. The molecule has 1 fully saturated rings. The number of anilines is 1. The van der Waals surface area contributed by atoms with Crippen LogP contribution in [-0.4, -0.2) is 41.7 Å². The maximum Gasteiger partial charge on any atom is 0.338 e. The monoisotopic (exact) mass is 378 g/mol. The number of rotatable bonds is 6. The van der Waals surface area contributed by atoms with Crippen LogP contribution in [0, 0.1) is 5.92 Å². The highest BCUT2D eigenvalue weighted by molar-refractivity contribution is 6.21. The topological polar surface area (TPSA) is 92.8 Å². The number of nitrogens with zero attached hydrogens (tertiary/aromatic N) is 1. The van der Waals surface area contributed by atoms with Gasteiger partial charge in [0.05, 0.1) is 23.2 Å². The van der Waals surface area contributed by atoms with E-state index in [-0.39, 0.29) is 36.8 Å². The van der Waals surface area contributed by atoms with Crippen molar-refractivity contribution in [3.05, 3.63) is 65.2 Å². The SMILES string of the molecule is O=C(OCCN1C(=O)c2ccccc2C1=O)c1ccc(NC(=O)C2CC2)cc1. The van der Waals surface area contributed by atoms with Crippen molar-refractivity contribution in [2.45, 2.75) is 12.8 Å². The number of benzene rings is 2. The second kappa shape index (κ2) is 7.26. The minimum atomic E-state index is -0.559. The quantitative estimate of drug-likeness (QED) is 0.616. The number of hydrogen-bond acceptors (Lipinski definition) is 5. The number of fused-ring (bicyclic) bond motifs is 1. The number of amides is 3. The van der Waals surface area contributed by atoms with Gasteiger partial charge in [-0.25, -0.2) is 4.79 Å². The Morgan fingerprint density at radius 1 is 0.964 bits per heavy atom. The van der Waals surface area contributed by atoms with Gasteiger partial charge in [0.15, 0.2) is 0 Å². The van der Waals surface area contributed by atoms with E-state index in [4.69, 9.17) is 4.74 Å². The number of imide groups is 1. The Hall–Kier alpha value is -3.48. The van der Waals surface area contributed by atoms with Gasteiger partial charge in [-0.3, -0.25) is 19.3 Å². The first-order chi connectivity index (χ1) is 13.5. The lowest BCUT2D eigenvalue weighted by Crippen LogP contribution is -2.33. The van der Waals surface area contributed by atoms with Gasteiger partial charge in [0, 0.05) is 11.6 Å². The van der Waals surface area contributed by atoms with Crippen LogP contribution in [0.15, 0.2) is 48.5 Å². The molecule has 7 heteroatoms. The summed E-state index contributed by atoms with van der Waals surface area (Å²) >= 11 is 0. The Balaban J connectivity index is 1.29. The zero-order valence-corrected chi connectivity index (χ0v) is 15.0. The molecule has 2 aromatic rings. The summed E-state index contributed by atoms with van der Waals surface area (Å²) in [6.07, 6.45) is 1.84. The number of nitrogens with one attached hydrogen (secondary N) is 1. The number of esters is 1. The van der Waals surface area contributed by atoms with Gasteiger partial charge in [0.2, 0.25) is 5.91 Å². The zero-order valence-electron chi connectivity index (χ0n) is 15.0. The third-order valence-electron chi connectivity index (χ3n) is 4.76. The molecule has 28 heavy (non-hydrogen) atoms. The van der Waals surface area contributed by atoms with Crippen molar-refractivity contribution in [3.8, 4) is 0 Å². The summed E-state index contributed by atoms with van der Waals surface area (Å²) < 4.78 is 5.18. The maximum absolute atomic E-state index is 12.3. The van der Waals surface area contributed by atoms with Crippen LogP contribution in [0.5, 0.6) is 0 Å². The van der Waals surface area contributed by atoms with Gasteiger partial charge in [-0.2, -0.15) is 0 Å². The number of carbonyl (C=O) groups excluding carboxylic acids is 4. The van der Waals surface area contributed by atoms with E-state index in [0.29, 0.717) is 22.4 Å². The summed E-state index contributed by atoms with van der Waals surface area (Å²) in [5, 5.41) is 2.80. The fourth-order valence-electron chi connectivity index (χ4n) is 3.03. The molecule has 1 N–H and O–H groups in total. The number of carbonyl (C=O) groups is 4. The van der Waals surface area contributed by atoms with E-state index in [2.05, 4.69) is 5.32 Å². The van der Waals surface area contributed by atoms with Crippen LogP contribution in [0.3, 0.4) is 0 Å². The molecule has 142 valence electrons. The van der Waals surface area contributed by atoms with Gasteiger partial charge in [0.25, 0.3) is 11.8 Å². The van der Waals surface area contributed by atoms with Crippen molar-refractivity contribution in [2.24, 2.45) is 5.92 Å². The maximum atomic E-state index is 12.3. The lowest BCUT2D eigenvalue weighted by atomic mass is 10.1. The molecular weight excluding hydrogens is 360 g/mol. The Morgan fingerprint density at radius 2 is 1.57 bits per heavy atom. The molecule has 3 amide bonds. The first-order valence-corrected chi connectivity index (χ1v) is 9.08. The van der Waals surface area contributed by atoms with Gasteiger partial charge in [-0.15, -0.1) is 0 Å². The molecule has 0 atom stereocenters. The predicted octanol–water partition coefficient (Wildman–Crippen LogP) is 2.49. The average molecular weight is 378 g/mol. The summed E-state index contributed by atoms with van der Waals surface area (Å²) in [6.45, 7) is -0.0991. The smallest absolute Gasteiger partial charge is 0.338 e. The van der Waals surface area contributed by atoms with Crippen molar-refractivity contribution in [1.82, 2.24) is 4.90 Å². The minimum absolute atomic E-state index is 0.00345. The third-order valence-corrected chi connectivity index (χ3v) is 4.76. The fourth-order valence-corrected chi connectivity index (χ4v) is 3.03. The Kier molecular flexibility index (Phi) is 4.65. The molecule has 0 bridgehead atoms. The average Bonchev–Trinajstić information content (AvgIpc) is 3.53. The van der Waals surface area contributed by atoms with Crippen molar-refractivity contribution >= 4 is 29.4 Å². The molecule has 0 saturated heterocycles. The molecule has 1 aliphatic heterocycles. The molecule has 0 unspecified atom stereocenters. The minimum Gasteiger partial charge on any atom is -0.460 e. The Bertz CT molecular complexity index is 928. The third kappa shape index (κ3) is 3.51. The van der Waals surface area contributed by atoms with Crippen LogP contribution in [0.1, 0.15) is 43.9 Å². The number of hydrogen-bond donors (Lipinski definition) is 1. The molecule has 0 aromatic heterocycles. The van der Waals surface area contributed by atoms with Crippen LogP contribution >= 0.6 is 0 Å². The van der Waals surface area contributed by atoms with Gasteiger partial charge in [0.1, 0.15) is 6.61 Å². The molecule has 1 saturated carbocycles. The van der Waals surface area contributed by atoms with E-state index >= 15 is 0 Å². The van der Waals surface area contributed by atoms with Gasteiger partial charge in [-0.1, -0.05) is 12.1 Å².